The predicted octanol–water partition coefficient (Wildman–Crippen LogP) is 2.51. The second-order valence-electron chi connectivity index (χ2n) is 4.17. The van der Waals surface area contributed by atoms with Gasteiger partial charge in [0.25, 0.3) is 0 Å². The van der Waals surface area contributed by atoms with E-state index in [0.717, 1.165) is 18.9 Å². The largest absolute Gasteiger partial charge is 0.478 e. The van der Waals surface area contributed by atoms with Crippen molar-refractivity contribution in [2.45, 2.75) is 25.3 Å². The van der Waals surface area contributed by atoms with E-state index in [4.69, 9.17) is 5.11 Å². The van der Waals surface area contributed by atoms with Gasteiger partial charge in [-0.2, -0.15) is 0 Å². The Hall–Kier alpha value is -1.58. The lowest BCUT2D eigenvalue weighted by molar-refractivity contribution is 0.0696. The molecule has 0 heterocycles. The average molecular weight is 223 g/mol. The number of hydrogen-bond donors (Lipinski definition) is 1. The second-order valence-corrected chi connectivity index (χ2v) is 4.17. The molecule has 0 unspecified atom stereocenters. The number of rotatable bonds is 3. The smallest absolute Gasteiger partial charge is 0.335 e. The van der Waals surface area contributed by atoms with Crippen molar-refractivity contribution in [3.63, 3.8) is 0 Å². The molecule has 1 aromatic carbocycles. The third-order valence-corrected chi connectivity index (χ3v) is 3.20. The molecular formula is C12H14FNO2. The molecule has 3 nitrogen and oxygen atoms in total. The van der Waals surface area contributed by atoms with Gasteiger partial charge in [-0.1, -0.05) is 0 Å². The van der Waals surface area contributed by atoms with Gasteiger partial charge in [-0.25, -0.2) is 9.18 Å². The fraction of sp³-hybridized carbons (Fsp3) is 0.417. The highest BCUT2D eigenvalue weighted by Crippen LogP contribution is 2.30. The molecule has 1 aliphatic carbocycles. The zero-order valence-electron chi connectivity index (χ0n) is 9.11. The molecule has 0 amide bonds. The van der Waals surface area contributed by atoms with E-state index in [0.29, 0.717) is 11.7 Å². The summed E-state index contributed by atoms with van der Waals surface area (Å²) in [7, 11) is 1.85. The minimum atomic E-state index is -1.10. The number of aromatic carboxylic acids is 1. The van der Waals surface area contributed by atoms with Gasteiger partial charge in [0.1, 0.15) is 5.82 Å². The van der Waals surface area contributed by atoms with E-state index in [1.54, 1.807) is 0 Å². The van der Waals surface area contributed by atoms with Crippen molar-refractivity contribution < 1.29 is 14.3 Å². The molecule has 16 heavy (non-hydrogen) atoms. The van der Waals surface area contributed by atoms with Crippen molar-refractivity contribution in [2.24, 2.45) is 0 Å². The first-order valence-corrected chi connectivity index (χ1v) is 5.35. The van der Waals surface area contributed by atoms with Crippen LogP contribution in [0.3, 0.4) is 0 Å². The first-order valence-electron chi connectivity index (χ1n) is 5.35. The van der Waals surface area contributed by atoms with Gasteiger partial charge < -0.3 is 10.0 Å². The molecule has 0 radical (unpaired) electrons. The lowest BCUT2D eigenvalue weighted by Crippen LogP contribution is -2.37. The zero-order valence-corrected chi connectivity index (χ0v) is 9.11. The Labute approximate surface area is 93.5 Å². The van der Waals surface area contributed by atoms with Crippen LogP contribution in [0.25, 0.3) is 0 Å². The summed E-state index contributed by atoms with van der Waals surface area (Å²) in [6, 6.07) is 4.45. The van der Waals surface area contributed by atoms with Crippen LogP contribution >= 0.6 is 0 Å². The number of carboxylic acids is 1. The van der Waals surface area contributed by atoms with Crippen LogP contribution in [0.15, 0.2) is 18.2 Å². The van der Waals surface area contributed by atoms with E-state index in [9.17, 15) is 9.18 Å². The molecule has 0 saturated heterocycles. The quantitative estimate of drug-likeness (QED) is 0.855. The fourth-order valence-corrected chi connectivity index (χ4v) is 1.90. The summed E-state index contributed by atoms with van der Waals surface area (Å²) in [4.78, 5) is 12.5. The molecule has 0 bridgehead atoms. The van der Waals surface area contributed by atoms with Crippen molar-refractivity contribution in [1.82, 2.24) is 0 Å². The van der Waals surface area contributed by atoms with Crippen LogP contribution in [0.1, 0.15) is 29.6 Å². The Morgan fingerprint density at radius 3 is 2.62 bits per heavy atom. The summed E-state index contributed by atoms with van der Waals surface area (Å²) in [5.41, 5.74) is 0.470. The molecule has 2 rings (SSSR count). The number of hydrogen-bond acceptors (Lipinski definition) is 2. The normalized spacial score (nSPS) is 15.6. The van der Waals surface area contributed by atoms with E-state index < -0.39 is 11.8 Å². The first kappa shape index (κ1) is 10.9. The minimum Gasteiger partial charge on any atom is -0.478 e. The van der Waals surface area contributed by atoms with E-state index in [1.165, 1.54) is 18.6 Å². The summed E-state index contributed by atoms with van der Waals surface area (Å²) < 4.78 is 13.7. The van der Waals surface area contributed by atoms with Gasteiger partial charge in [-0.3, -0.25) is 0 Å². The summed E-state index contributed by atoms with van der Waals surface area (Å²) in [6.07, 6.45) is 3.34. The molecule has 1 saturated carbocycles. The number of nitrogens with zero attached hydrogens (tertiary/aromatic N) is 1. The van der Waals surface area contributed by atoms with Gasteiger partial charge in [0, 0.05) is 13.1 Å². The Morgan fingerprint density at radius 1 is 1.50 bits per heavy atom. The van der Waals surface area contributed by atoms with Crippen LogP contribution in [-0.4, -0.2) is 24.2 Å². The van der Waals surface area contributed by atoms with Crippen molar-refractivity contribution in [3.05, 3.63) is 29.6 Å². The predicted molar refractivity (Wildman–Crippen MR) is 59.4 cm³/mol. The molecule has 86 valence electrons. The molecule has 4 heteroatoms. The summed E-state index contributed by atoms with van der Waals surface area (Å²) >= 11 is 0. The second kappa shape index (κ2) is 4.12. The minimum absolute atomic E-state index is 0.0109. The van der Waals surface area contributed by atoms with Crippen molar-refractivity contribution in [2.75, 3.05) is 11.9 Å². The van der Waals surface area contributed by atoms with Gasteiger partial charge in [0.05, 0.1) is 11.3 Å². The van der Waals surface area contributed by atoms with Crippen molar-refractivity contribution >= 4 is 11.7 Å². The average Bonchev–Trinajstić information content (AvgIpc) is 2.14. The van der Waals surface area contributed by atoms with Crippen LogP contribution in [0.4, 0.5) is 10.1 Å². The van der Waals surface area contributed by atoms with Gasteiger partial charge in [0.15, 0.2) is 0 Å². The molecule has 0 spiro atoms. The number of carboxylic acid groups (broad SMARTS) is 1. The van der Waals surface area contributed by atoms with Crippen molar-refractivity contribution in [3.8, 4) is 0 Å². The number of halogens is 1. The summed E-state index contributed by atoms with van der Waals surface area (Å²) in [5.74, 6) is -1.56. The lowest BCUT2D eigenvalue weighted by atomic mass is 9.91. The van der Waals surface area contributed by atoms with Gasteiger partial charge >= 0.3 is 5.97 Å². The molecule has 0 aliphatic heterocycles. The number of benzene rings is 1. The monoisotopic (exact) mass is 223 g/mol. The molecule has 0 atom stereocenters. The Bertz CT molecular complexity index is 415. The topological polar surface area (TPSA) is 40.5 Å². The Morgan fingerprint density at radius 2 is 2.19 bits per heavy atom. The highest BCUT2D eigenvalue weighted by molar-refractivity contribution is 5.88. The number of anilines is 1. The summed E-state index contributed by atoms with van der Waals surface area (Å²) in [5, 5.41) is 8.73. The highest BCUT2D eigenvalue weighted by Gasteiger charge is 2.24. The molecule has 1 fully saturated rings. The van der Waals surface area contributed by atoms with Crippen LogP contribution in [0.5, 0.6) is 0 Å². The first-order chi connectivity index (χ1) is 7.59. The fourth-order valence-electron chi connectivity index (χ4n) is 1.90. The van der Waals surface area contributed by atoms with E-state index in [1.807, 2.05) is 11.9 Å². The van der Waals surface area contributed by atoms with E-state index in [-0.39, 0.29) is 5.56 Å². The standard InChI is InChI=1S/C12H14FNO2/c1-14(9-3-2-4-9)11-6-5-8(12(15)16)7-10(11)13/h5-7,9H,2-4H2,1H3,(H,15,16). The van der Waals surface area contributed by atoms with Gasteiger partial charge in [-0.05, 0) is 37.5 Å². The molecule has 1 aliphatic rings. The molecule has 0 aromatic heterocycles. The third-order valence-electron chi connectivity index (χ3n) is 3.20. The SMILES string of the molecule is CN(c1ccc(C(=O)O)cc1F)C1CCC1. The highest BCUT2D eigenvalue weighted by atomic mass is 19.1. The van der Waals surface area contributed by atoms with Crippen molar-refractivity contribution in [1.29, 1.82) is 0 Å². The molecule has 1 N–H and O–H groups in total. The molecular weight excluding hydrogens is 209 g/mol. The van der Waals surface area contributed by atoms with Gasteiger partial charge in [0.2, 0.25) is 0 Å². The van der Waals surface area contributed by atoms with Crippen LogP contribution in [-0.2, 0) is 0 Å². The maximum atomic E-state index is 13.7. The third kappa shape index (κ3) is 1.87. The van der Waals surface area contributed by atoms with E-state index >= 15 is 0 Å². The maximum Gasteiger partial charge on any atom is 0.335 e. The Balaban J connectivity index is 2.24. The Kier molecular flexibility index (Phi) is 2.81. The number of carbonyl (C=O) groups is 1. The van der Waals surface area contributed by atoms with Gasteiger partial charge in [-0.15, -0.1) is 0 Å². The lowest BCUT2D eigenvalue weighted by Gasteiger charge is -2.36. The summed E-state index contributed by atoms with van der Waals surface area (Å²) in [6.45, 7) is 0. The van der Waals surface area contributed by atoms with E-state index in [2.05, 4.69) is 0 Å². The van der Waals surface area contributed by atoms with Crippen LogP contribution in [0, 0.1) is 5.82 Å². The van der Waals surface area contributed by atoms with Crippen LogP contribution in [0.2, 0.25) is 0 Å². The maximum absolute atomic E-state index is 13.7. The van der Waals surface area contributed by atoms with Crippen LogP contribution < -0.4 is 4.90 Å². The molecule has 1 aromatic rings. The zero-order chi connectivity index (χ0) is 11.7.